The minimum Gasteiger partial charge on any atom is -0.378 e. The summed E-state index contributed by atoms with van der Waals surface area (Å²) in [5, 5.41) is 14.5. The highest BCUT2D eigenvalue weighted by Gasteiger charge is 2.22. The number of carbonyl (C=O) groups excluding carboxylic acids is 1. The number of carbonyl (C=O) groups is 1. The molecule has 0 radical (unpaired) electrons. The molecule has 0 saturated carbocycles. The number of nitro groups is 1. The van der Waals surface area contributed by atoms with Gasteiger partial charge in [-0.15, -0.1) is 0 Å². The van der Waals surface area contributed by atoms with Crippen molar-refractivity contribution in [2.75, 3.05) is 36.5 Å². The molecule has 26 heavy (non-hydrogen) atoms. The molecule has 0 atom stereocenters. The third-order valence-electron chi connectivity index (χ3n) is 3.95. The molecule has 1 saturated heterocycles. The molecule has 1 heterocycles. The molecule has 1 amide bonds. The summed E-state index contributed by atoms with van der Waals surface area (Å²) in [6.45, 7) is 2.23. The van der Waals surface area contributed by atoms with Gasteiger partial charge < -0.3 is 15.0 Å². The number of ether oxygens (including phenoxy) is 1. The molecular weight excluding hydrogens is 473 g/mol. The van der Waals surface area contributed by atoms with Gasteiger partial charge in [0.2, 0.25) is 0 Å². The summed E-state index contributed by atoms with van der Waals surface area (Å²) >= 11 is 8.16. The van der Waals surface area contributed by atoms with Crippen LogP contribution in [-0.2, 0) is 4.74 Å². The fourth-order valence-electron chi connectivity index (χ4n) is 2.69. The molecule has 1 fully saturated rings. The van der Waals surface area contributed by atoms with Gasteiger partial charge in [-0.3, -0.25) is 14.9 Å². The van der Waals surface area contributed by atoms with Gasteiger partial charge in [0.15, 0.2) is 0 Å². The van der Waals surface area contributed by atoms with E-state index in [0.29, 0.717) is 48.3 Å². The van der Waals surface area contributed by atoms with Crippen LogP contribution < -0.4 is 10.2 Å². The molecule has 7 nitrogen and oxygen atoms in total. The normalized spacial score (nSPS) is 14.2. The summed E-state index contributed by atoms with van der Waals surface area (Å²) < 4.78 is 6.15. The zero-order chi connectivity index (χ0) is 18.7. The number of halogens is 2. The van der Waals surface area contributed by atoms with Gasteiger partial charge in [0, 0.05) is 28.4 Å². The van der Waals surface area contributed by atoms with Crippen LogP contribution in [0.5, 0.6) is 0 Å². The summed E-state index contributed by atoms with van der Waals surface area (Å²) in [5.41, 5.74) is 1.12. The zero-order valence-electron chi connectivity index (χ0n) is 13.6. The van der Waals surface area contributed by atoms with E-state index in [4.69, 9.17) is 16.3 Å². The average molecular weight is 488 g/mol. The number of amides is 1. The maximum atomic E-state index is 12.5. The molecule has 9 heteroatoms. The lowest BCUT2D eigenvalue weighted by Gasteiger charge is -2.28. The fraction of sp³-hybridized carbons (Fsp3) is 0.235. The van der Waals surface area contributed by atoms with E-state index in [1.165, 1.54) is 6.07 Å². The van der Waals surface area contributed by atoms with Crippen LogP contribution >= 0.6 is 34.2 Å². The summed E-state index contributed by atoms with van der Waals surface area (Å²) in [4.78, 5) is 25.4. The van der Waals surface area contributed by atoms with E-state index < -0.39 is 10.8 Å². The predicted octanol–water partition coefficient (Wildman–Crippen LogP) is 3.94. The number of hydrogen-bond donors (Lipinski definition) is 1. The maximum Gasteiger partial charge on any atom is 0.294 e. The number of rotatable bonds is 4. The minimum atomic E-state index is -0.446. The Morgan fingerprint density at radius 1 is 1.23 bits per heavy atom. The van der Waals surface area contributed by atoms with Crippen molar-refractivity contribution in [1.82, 2.24) is 0 Å². The van der Waals surface area contributed by atoms with Crippen molar-refractivity contribution in [3.05, 3.63) is 60.7 Å². The molecule has 136 valence electrons. The number of hydrogen-bond acceptors (Lipinski definition) is 5. The van der Waals surface area contributed by atoms with Crippen LogP contribution in [0.25, 0.3) is 0 Å². The number of anilines is 2. The lowest BCUT2D eigenvalue weighted by molar-refractivity contribution is -0.384. The van der Waals surface area contributed by atoms with E-state index in [2.05, 4.69) is 27.9 Å². The molecule has 2 aromatic carbocycles. The molecule has 0 unspecified atom stereocenters. The topological polar surface area (TPSA) is 84.7 Å². The quantitative estimate of drug-likeness (QED) is 0.401. The Bertz CT molecular complexity index is 856. The second-order valence-electron chi connectivity index (χ2n) is 5.64. The Morgan fingerprint density at radius 2 is 1.96 bits per heavy atom. The Kier molecular flexibility index (Phi) is 5.94. The van der Waals surface area contributed by atoms with Crippen LogP contribution in [0.1, 0.15) is 10.4 Å². The lowest BCUT2D eigenvalue weighted by atomic mass is 10.2. The Hall–Kier alpha value is -1.91. The lowest BCUT2D eigenvalue weighted by Crippen LogP contribution is -2.36. The smallest absolute Gasteiger partial charge is 0.294 e. The van der Waals surface area contributed by atoms with Crippen molar-refractivity contribution in [2.24, 2.45) is 0 Å². The van der Waals surface area contributed by atoms with Crippen LogP contribution in [0.3, 0.4) is 0 Å². The zero-order valence-corrected chi connectivity index (χ0v) is 16.5. The van der Waals surface area contributed by atoms with E-state index in [9.17, 15) is 14.9 Å². The standard InChI is InChI=1S/C17H15ClIN3O4/c18-14-3-1-11(19)9-13(14)17(23)20-12-2-4-15(16(10-12)22(24)25)21-5-7-26-8-6-21/h1-4,9-10H,5-8H2,(H,20,23). The Labute approximate surface area is 168 Å². The van der Waals surface area contributed by atoms with Crippen molar-refractivity contribution in [1.29, 1.82) is 0 Å². The van der Waals surface area contributed by atoms with Gasteiger partial charge in [-0.2, -0.15) is 0 Å². The molecule has 2 aromatic rings. The van der Waals surface area contributed by atoms with E-state index in [1.54, 1.807) is 30.3 Å². The Balaban J connectivity index is 1.86. The third kappa shape index (κ3) is 4.25. The van der Waals surface area contributed by atoms with Crippen molar-refractivity contribution in [2.45, 2.75) is 0 Å². The highest BCUT2D eigenvalue weighted by molar-refractivity contribution is 14.1. The number of nitrogens with zero attached hydrogens (tertiary/aromatic N) is 2. The summed E-state index contributed by atoms with van der Waals surface area (Å²) in [5.74, 6) is -0.415. The second kappa shape index (κ2) is 8.19. The number of nitrogens with one attached hydrogen (secondary N) is 1. The van der Waals surface area contributed by atoms with Gasteiger partial charge >= 0.3 is 0 Å². The summed E-state index contributed by atoms with van der Waals surface area (Å²) in [7, 11) is 0. The summed E-state index contributed by atoms with van der Waals surface area (Å²) in [6, 6.07) is 9.76. The van der Waals surface area contributed by atoms with Crippen LogP contribution in [0, 0.1) is 13.7 Å². The number of benzene rings is 2. The van der Waals surface area contributed by atoms with Crippen molar-refractivity contribution < 1.29 is 14.5 Å². The molecule has 1 aliphatic heterocycles. The Morgan fingerprint density at radius 3 is 2.65 bits per heavy atom. The van der Waals surface area contributed by atoms with Gasteiger partial charge in [-0.1, -0.05) is 11.6 Å². The van der Waals surface area contributed by atoms with Crippen molar-refractivity contribution >= 4 is 57.2 Å². The first-order valence-electron chi connectivity index (χ1n) is 7.83. The molecule has 0 aromatic heterocycles. The van der Waals surface area contributed by atoms with Crippen LogP contribution in [0.4, 0.5) is 17.1 Å². The molecule has 1 aliphatic rings. The van der Waals surface area contributed by atoms with Gasteiger partial charge in [0.25, 0.3) is 11.6 Å². The van der Waals surface area contributed by atoms with Crippen LogP contribution in [0.15, 0.2) is 36.4 Å². The van der Waals surface area contributed by atoms with E-state index >= 15 is 0 Å². The molecule has 0 bridgehead atoms. The summed E-state index contributed by atoms with van der Waals surface area (Å²) in [6.07, 6.45) is 0. The fourth-order valence-corrected chi connectivity index (χ4v) is 3.38. The number of nitro benzene ring substituents is 1. The maximum absolute atomic E-state index is 12.5. The van der Waals surface area contributed by atoms with E-state index in [-0.39, 0.29) is 5.69 Å². The van der Waals surface area contributed by atoms with Crippen molar-refractivity contribution in [3.63, 3.8) is 0 Å². The van der Waals surface area contributed by atoms with E-state index in [1.807, 2.05) is 4.90 Å². The SMILES string of the molecule is O=C(Nc1ccc(N2CCOCC2)c([N+](=O)[O-])c1)c1cc(I)ccc1Cl. The average Bonchev–Trinajstić information content (AvgIpc) is 2.64. The highest BCUT2D eigenvalue weighted by Crippen LogP contribution is 2.32. The van der Waals surface area contributed by atoms with Crippen molar-refractivity contribution in [3.8, 4) is 0 Å². The number of morpholine rings is 1. The minimum absolute atomic E-state index is 0.0570. The monoisotopic (exact) mass is 487 g/mol. The predicted molar refractivity (Wildman–Crippen MR) is 108 cm³/mol. The molecular formula is C17H15ClIN3O4. The first-order valence-corrected chi connectivity index (χ1v) is 9.29. The molecule has 0 spiro atoms. The van der Waals surface area contributed by atoms with Crippen LogP contribution in [-0.4, -0.2) is 37.1 Å². The highest BCUT2D eigenvalue weighted by atomic mass is 127. The van der Waals surface area contributed by atoms with Gasteiger partial charge in [0.1, 0.15) is 5.69 Å². The van der Waals surface area contributed by atoms with E-state index in [0.717, 1.165) is 3.57 Å². The van der Waals surface area contributed by atoms with Gasteiger partial charge in [-0.25, -0.2) is 0 Å². The van der Waals surface area contributed by atoms with Crippen LogP contribution in [0.2, 0.25) is 5.02 Å². The second-order valence-corrected chi connectivity index (χ2v) is 7.29. The largest absolute Gasteiger partial charge is 0.378 e. The molecule has 1 N–H and O–H groups in total. The molecule has 3 rings (SSSR count). The third-order valence-corrected chi connectivity index (χ3v) is 4.96. The van der Waals surface area contributed by atoms with Gasteiger partial charge in [0.05, 0.1) is 28.7 Å². The van der Waals surface area contributed by atoms with Gasteiger partial charge in [-0.05, 0) is 52.9 Å². The first-order chi connectivity index (χ1) is 12.5. The first kappa shape index (κ1) is 18.9. The molecule has 0 aliphatic carbocycles.